The Morgan fingerprint density at radius 1 is 0.356 bits per heavy atom. The highest BCUT2D eigenvalue weighted by Gasteiger charge is 2.38. The van der Waals surface area contributed by atoms with Crippen molar-refractivity contribution < 1.29 is 0 Å². The molecule has 0 radical (unpaired) electrons. The van der Waals surface area contributed by atoms with Crippen LogP contribution in [0.25, 0.3) is 66.1 Å². The average Bonchev–Trinajstić information content (AvgIpc) is 3.43. The average molecular weight is 577 g/mol. The van der Waals surface area contributed by atoms with Crippen LogP contribution in [0.1, 0.15) is 55.5 Å². The van der Waals surface area contributed by atoms with Crippen LogP contribution in [0.5, 0.6) is 0 Å². The number of hydrogen-bond acceptors (Lipinski definition) is 0. The van der Waals surface area contributed by atoms with Crippen molar-refractivity contribution >= 4 is 21.5 Å². The lowest BCUT2D eigenvalue weighted by atomic mass is 9.79. The van der Waals surface area contributed by atoms with Crippen LogP contribution in [-0.2, 0) is 10.8 Å². The second kappa shape index (κ2) is 9.05. The van der Waals surface area contributed by atoms with Gasteiger partial charge in [-0.2, -0.15) is 0 Å². The molecule has 0 amide bonds. The van der Waals surface area contributed by atoms with Crippen molar-refractivity contribution in [3.63, 3.8) is 0 Å². The molecule has 7 aromatic carbocycles. The minimum atomic E-state index is -0.0474. The van der Waals surface area contributed by atoms with Crippen LogP contribution < -0.4 is 0 Å². The van der Waals surface area contributed by atoms with Gasteiger partial charge in [-0.05, 0) is 101 Å². The molecule has 0 nitrogen and oxygen atoms in total. The van der Waals surface area contributed by atoms with Crippen LogP contribution in [0, 0.1) is 6.92 Å². The van der Waals surface area contributed by atoms with Gasteiger partial charge >= 0.3 is 0 Å². The summed E-state index contributed by atoms with van der Waals surface area (Å²) in [4.78, 5) is 0. The summed E-state index contributed by atoms with van der Waals surface area (Å²) in [5.74, 6) is 0. The fourth-order valence-corrected chi connectivity index (χ4v) is 8.72. The number of hydrogen-bond donors (Lipinski definition) is 0. The lowest BCUT2D eigenvalue weighted by Crippen LogP contribution is -2.14. The van der Waals surface area contributed by atoms with Crippen molar-refractivity contribution in [3.05, 3.63) is 155 Å². The van der Waals surface area contributed by atoms with E-state index in [2.05, 4.69) is 162 Å². The number of benzene rings is 7. The molecular formula is C45H36. The first-order chi connectivity index (χ1) is 21.8. The third kappa shape index (κ3) is 3.49. The Morgan fingerprint density at radius 2 is 0.911 bits per heavy atom. The standard InChI is InChI=1S/C45H36/c1-27-21-23-33-36(25-27)41(28-22-24-30-29-13-8-10-18-37(29)45(4,5)40(30)26-28)31-14-6-7-15-32(31)42(33)35-17-12-20-39-43(35)34-16-9-11-19-38(34)44(39,2)3/h6-26H,1-5H3. The number of aryl methyl sites for hydroxylation is 1. The van der Waals surface area contributed by atoms with Gasteiger partial charge < -0.3 is 0 Å². The van der Waals surface area contributed by atoms with E-state index < -0.39 is 0 Å². The van der Waals surface area contributed by atoms with E-state index in [0.717, 1.165) is 0 Å². The maximum absolute atomic E-state index is 2.48. The zero-order chi connectivity index (χ0) is 30.7. The van der Waals surface area contributed by atoms with E-state index in [9.17, 15) is 0 Å². The quantitative estimate of drug-likeness (QED) is 0.180. The smallest absolute Gasteiger partial charge is 0.0159 e. The van der Waals surface area contributed by atoms with Crippen LogP contribution >= 0.6 is 0 Å². The highest BCUT2D eigenvalue weighted by Crippen LogP contribution is 2.55. The molecule has 0 aromatic heterocycles. The van der Waals surface area contributed by atoms with Gasteiger partial charge in [0.2, 0.25) is 0 Å². The van der Waals surface area contributed by atoms with Crippen molar-refractivity contribution in [2.75, 3.05) is 0 Å². The fourth-order valence-electron chi connectivity index (χ4n) is 8.72. The molecule has 0 bridgehead atoms. The molecule has 0 heterocycles. The Balaban J connectivity index is 1.38. The molecule has 2 aliphatic carbocycles. The predicted octanol–water partition coefficient (Wildman–Crippen LogP) is 12.2. The second-order valence-electron chi connectivity index (χ2n) is 14.2. The maximum Gasteiger partial charge on any atom is 0.0159 e. The molecule has 0 fully saturated rings. The molecular weight excluding hydrogens is 540 g/mol. The summed E-state index contributed by atoms with van der Waals surface area (Å²) in [5, 5.41) is 5.25. The van der Waals surface area contributed by atoms with Gasteiger partial charge in [0.1, 0.15) is 0 Å². The predicted molar refractivity (Wildman–Crippen MR) is 192 cm³/mol. The van der Waals surface area contributed by atoms with Crippen LogP contribution in [0.3, 0.4) is 0 Å². The van der Waals surface area contributed by atoms with Crippen LogP contribution in [0.4, 0.5) is 0 Å². The summed E-state index contributed by atoms with van der Waals surface area (Å²) >= 11 is 0. The van der Waals surface area contributed by atoms with Crippen molar-refractivity contribution in [1.82, 2.24) is 0 Å². The van der Waals surface area contributed by atoms with Gasteiger partial charge in [-0.3, -0.25) is 0 Å². The molecule has 0 aliphatic heterocycles. The SMILES string of the molecule is Cc1ccc2c(-c3cccc4c3-c3ccccc3C4(C)C)c3ccccc3c(-c3ccc4c(c3)C(C)(C)c3ccccc3-4)c2c1. The Bertz CT molecular complexity index is 2380. The minimum Gasteiger partial charge on any atom is -0.0619 e. The summed E-state index contributed by atoms with van der Waals surface area (Å²) < 4.78 is 0. The molecule has 9 rings (SSSR count). The highest BCUT2D eigenvalue weighted by molar-refractivity contribution is 6.23. The molecule has 0 heteroatoms. The van der Waals surface area contributed by atoms with Gasteiger partial charge in [-0.15, -0.1) is 0 Å². The Morgan fingerprint density at radius 3 is 1.69 bits per heavy atom. The normalized spacial score (nSPS) is 15.1. The van der Waals surface area contributed by atoms with Crippen LogP contribution in [-0.4, -0.2) is 0 Å². The lowest BCUT2D eigenvalue weighted by molar-refractivity contribution is 0.660. The summed E-state index contributed by atoms with van der Waals surface area (Å²) in [6.45, 7) is 11.7. The Labute approximate surface area is 266 Å². The monoisotopic (exact) mass is 576 g/mol. The summed E-state index contributed by atoms with van der Waals surface area (Å²) in [5.41, 5.74) is 17.6. The Kier molecular flexibility index (Phi) is 5.32. The van der Waals surface area contributed by atoms with Crippen molar-refractivity contribution in [2.45, 2.75) is 45.4 Å². The first kappa shape index (κ1) is 26.5. The van der Waals surface area contributed by atoms with E-state index in [4.69, 9.17) is 0 Å². The fraction of sp³-hybridized carbons (Fsp3) is 0.156. The Hall–Kier alpha value is -4.94. The van der Waals surface area contributed by atoms with Crippen molar-refractivity contribution in [2.24, 2.45) is 0 Å². The molecule has 0 unspecified atom stereocenters. The topological polar surface area (TPSA) is 0 Å². The van der Waals surface area contributed by atoms with Crippen molar-refractivity contribution in [1.29, 1.82) is 0 Å². The van der Waals surface area contributed by atoms with Gasteiger partial charge in [0.05, 0.1) is 0 Å². The third-order valence-corrected chi connectivity index (χ3v) is 10.9. The van der Waals surface area contributed by atoms with Gasteiger partial charge in [0.25, 0.3) is 0 Å². The van der Waals surface area contributed by atoms with Crippen molar-refractivity contribution in [3.8, 4) is 44.5 Å². The molecule has 0 N–H and O–H groups in total. The first-order valence-corrected chi connectivity index (χ1v) is 16.2. The molecule has 0 atom stereocenters. The largest absolute Gasteiger partial charge is 0.0619 e. The van der Waals surface area contributed by atoms with Gasteiger partial charge in [0, 0.05) is 10.8 Å². The molecule has 45 heavy (non-hydrogen) atoms. The van der Waals surface area contributed by atoms with E-state index in [1.165, 1.54) is 93.9 Å². The van der Waals surface area contributed by atoms with E-state index in [1.807, 2.05) is 0 Å². The highest BCUT2D eigenvalue weighted by atomic mass is 14.4. The van der Waals surface area contributed by atoms with E-state index in [0.29, 0.717) is 0 Å². The van der Waals surface area contributed by atoms with Crippen LogP contribution in [0.15, 0.2) is 127 Å². The molecule has 0 saturated heterocycles. The lowest BCUT2D eigenvalue weighted by Gasteiger charge is -2.24. The van der Waals surface area contributed by atoms with Gasteiger partial charge in [-0.25, -0.2) is 0 Å². The van der Waals surface area contributed by atoms with E-state index >= 15 is 0 Å². The zero-order valence-electron chi connectivity index (χ0n) is 26.6. The zero-order valence-corrected chi connectivity index (χ0v) is 26.6. The molecule has 216 valence electrons. The van der Waals surface area contributed by atoms with E-state index in [1.54, 1.807) is 0 Å². The van der Waals surface area contributed by atoms with Crippen LogP contribution in [0.2, 0.25) is 0 Å². The number of rotatable bonds is 2. The van der Waals surface area contributed by atoms with E-state index in [-0.39, 0.29) is 10.8 Å². The minimum absolute atomic E-state index is 0.0428. The molecule has 0 saturated carbocycles. The first-order valence-electron chi connectivity index (χ1n) is 16.2. The molecule has 2 aliphatic rings. The summed E-state index contributed by atoms with van der Waals surface area (Å²) in [6.07, 6.45) is 0. The van der Waals surface area contributed by atoms with Gasteiger partial charge in [0.15, 0.2) is 0 Å². The second-order valence-corrected chi connectivity index (χ2v) is 14.2. The number of fused-ring (bicyclic) bond motifs is 8. The molecule has 7 aromatic rings. The third-order valence-electron chi connectivity index (χ3n) is 10.9. The maximum atomic E-state index is 2.48. The summed E-state index contributed by atoms with van der Waals surface area (Å²) in [6, 6.07) is 48.3. The molecule has 0 spiro atoms. The van der Waals surface area contributed by atoms with Gasteiger partial charge in [-0.1, -0.05) is 155 Å². The summed E-state index contributed by atoms with van der Waals surface area (Å²) in [7, 11) is 0.